The zero-order chi connectivity index (χ0) is 15.7. The van der Waals surface area contributed by atoms with Crippen molar-refractivity contribution in [3.8, 4) is 0 Å². The second-order valence-corrected chi connectivity index (χ2v) is 6.29. The number of rotatable bonds is 4. The monoisotopic (exact) mass is 375 g/mol. The third kappa shape index (κ3) is 3.06. The Balaban J connectivity index is 2.66. The molecule has 1 aromatic heterocycles. The first kappa shape index (κ1) is 16.2. The molecule has 7 heteroatoms. The van der Waals surface area contributed by atoms with E-state index in [1.807, 2.05) is 6.92 Å². The second kappa shape index (κ2) is 6.32. The number of amides is 1. The van der Waals surface area contributed by atoms with E-state index >= 15 is 0 Å². The summed E-state index contributed by atoms with van der Waals surface area (Å²) in [6.07, 6.45) is 0. The highest BCUT2D eigenvalue weighted by Crippen LogP contribution is 2.31. The fourth-order valence-electron chi connectivity index (χ4n) is 2.24. The van der Waals surface area contributed by atoms with Gasteiger partial charge in [-0.1, -0.05) is 0 Å². The normalized spacial score (nSPS) is 14.2. The summed E-state index contributed by atoms with van der Waals surface area (Å²) in [6.45, 7) is 5.94. The number of aromatic nitrogens is 2. The molecule has 21 heavy (non-hydrogen) atoms. The molecule has 0 bridgehead atoms. The highest BCUT2D eigenvalue weighted by Gasteiger charge is 2.24. The van der Waals surface area contributed by atoms with E-state index in [9.17, 15) is 9.18 Å². The van der Waals surface area contributed by atoms with Crippen LogP contribution in [0.3, 0.4) is 0 Å². The zero-order valence-electron chi connectivity index (χ0n) is 12.0. The van der Waals surface area contributed by atoms with E-state index in [0.29, 0.717) is 27.9 Å². The Hall–Kier alpha value is -1.14. The number of imidazole rings is 1. The average Bonchev–Trinajstić information content (AvgIpc) is 2.77. The van der Waals surface area contributed by atoms with E-state index in [-0.39, 0.29) is 5.91 Å². The topological polar surface area (TPSA) is 46.9 Å². The average molecular weight is 377 g/mol. The summed E-state index contributed by atoms with van der Waals surface area (Å²) in [5.74, 6) is 0.0188. The minimum atomic E-state index is -0.483. The lowest BCUT2D eigenvalue weighted by molar-refractivity contribution is -0.123. The van der Waals surface area contributed by atoms with Gasteiger partial charge in [0.05, 0.1) is 20.9 Å². The molecule has 2 rings (SSSR count). The van der Waals surface area contributed by atoms with Gasteiger partial charge >= 0.3 is 0 Å². The quantitative estimate of drug-likeness (QED) is 0.822. The fourth-order valence-corrected chi connectivity index (χ4v) is 2.72. The number of nitrogens with zero attached hydrogens (tertiary/aromatic N) is 2. The first-order valence-electron chi connectivity index (χ1n) is 6.65. The molecule has 2 unspecified atom stereocenters. The van der Waals surface area contributed by atoms with Crippen LogP contribution in [0.5, 0.6) is 0 Å². The number of halogens is 3. The van der Waals surface area contributed by atoms with Gasteiger partial charge in [0.25, 0.3) is 0 Å². The molecule has 0 spiro atoms. The number of hydrogen-bond acceptors (Lipinski definition) is 2. The minimum absolute atomic E-state index is 0.129. The molecule has 1 amide bonds. The van der Waals surface area contributed by atoms with Gasteiger partial charge in [-0.3, -0.25) is 4.79 Å². The van der Waals surface area contributed by atoms with Crippen LogP contribution in [-0.2, 0) is 4.79 Å². The van der Waals surface area contributed by atoms with E-state index in [1.54, 1.807) is 24.5 Å². The number of likely N-dealkylation sites (N-methyl/N-ethyl adjacent to an activating group) is 1. The van der Waals surface area contributed by atoms with Crippen LogP contribution in [0.2, 0.25) is 0 Å². The molecule has 1 heterocycles. The van der Waals surface area contributed by atoms with Crippen LogP contribution in [-0.4, -0.2) is 22.0 Å². The van der Waals surface area contributed by atoms with Crippen LogP contribution in [0.15, 0.2) is 16.6 Å². The van der Waals surface area contributed by atoms with Crippen LogP contribution in [0, 0.1) is 5.82 Å². The van der Waals surface area contributed by atoms with Crippen molar-refractivity contribution in [1.29, 1.82) is 0 Å². The highest BCUT2D eigenvalue weighted by atomic mass is 79.9. The SMILES string of the molecule is CCNC(=O)C(C)n1c(C(C)Cl)nc2cc(F)c(Br)cc21. The maximum absolute atomic E-state index is 13.7. The van der Waals surface area contributed by atoms with Crippen LogP contribution in [0.25, 0.3) is 11.0 Å². The van der Waals surface area contributed by atoms with Crippen molar-refractivity contribution in [3.63, 3.8) is 0 Å². The fraction of sp³-hybridized carbons (Fsp3) is 0.429. The smallest absolute Gasteiger partial charge is 0.242 e. The van der Waals surface area contributed by atoms with Gasteiger partial charge in [-0.25, -0.2) is 9.37 Å². The molecular weight excluding hydrogens is 361 g/mol. The van der Waals surface area contributed by atoms with E-state index in [0.717, 1.165) is 0 Å². The van der Waals surface area contributed by atoms with Crippen molar-refractivity contribution >= 4 is 44.5 Å². The molecule has 0 aliphatic carbocycles. The summed E-state index contributed by atoms with van der Waals surface area (Å²) in [7, 11) is 0. The van der Waals surface area contributed by atoms with Crippen molar-refractivity contribution in [3.05, 3.63) is 28.2 Å². The van der Waals surface area contributed by atoms with E-state index in [1.165, 1.54) is 6.07 Å². The van der Waals surface area contributed by atoms with Crippen molar-refractivity contribution in [2.24, 2.45) is 0 Å². The number of alkyl halides is 1. The van der Waals surface area contributed by atoms with Crippen molar-refractivity contribution in [2.75, 3.05) is 6.54 Å². The van der Waals surface area contributed by atoms with Crippen LogP contribution >= 0.6 is 27.5 Å². The van der Waals surface area contributed by atoms with Gasteiger partial charge in [0.2, 0.25) is 5.91 Å². The lowest BCUT2D eigenvalue weighted by Gasteiger charge is -2.18. The van der Waals surface area contributed by atoms with Crippen LogP contribution < -0.4 is 5.32 Å². The van der Waals surface area contributed by atoms with Gasteiger partial charge in [0.15, 0.2) is 0 Å². The predicted octanol–water partition coefficient (Wildman–Crippen LogP) is 3.93. The van der Waals surface area contributed by atoms with Gasteiger partial charge in [-0.05, 0) is 42.8 Å². The van der Waals surface area contributed by atoms with E-state index in [2.05, 4.69) is 26.2 Å². The summed E-state index contributed by atoms with van der Waals surface area (Å²) in [4.78, 5) is 16.5. The summed E-state index contributed by atoms with van der Waals surface area (Å²) < 4.78 is 15.7. The van der Waals surface area contributed by atoms with Gasteiger partial charge in [-0.2, -0.15) is 0 Å². The number of fused-ring (bicyclic) bond motifs is 1. The summed E-state index contributed by atoms with van der Waals surface area (Å²) in [6, 6.07) is 2.47. The second-order valence-electron chi connectivity index (χ2n) is 4.78. The Kier molecular flexibility index (Phi) is 4.88. The molecule has 0 fully saturated rings. The predicted molar refractivity (Wildman–Crippen MR) is 85.1 cm³/mol. The molecule has 0 aliphatic rings. The Morgan fingerprint density at radius 3 is 2.76 bits per heavy atom. The lowest BCUT2D eigenvalue weighted by Crippen LogP contribution is -2.31. The van der Waals surface area contributed by atoms with Gasteiger partial charge in [-0.15, -0.1) is 11.6 Å². The molecule has 1 aromatic carbocycles. The number of carbonyl (C=O) groups is 1. The molecule has 1 N–H and O–H groups in total. The van der Waals surface area contributed by atoms with Gasteiger partial charge < -0.3 is 9.88 Å². The van der Waals surface area contributed by atoms with Gasteiger partial charge in [0.1, 0.15) is 17.7 Å². The number of carbonyl (C=O) groups excluding carboxylic acids is 1. The molecular formula is C14H16BrClFN3O. The van der Waals surface area contributed by atoms with E-state index < -0.39 is 17.2 Å². The Labute approximate surface area is 135 Å². The third-order valence-corrected chi connectivity index (χ3v) is 4.04. The Morgan fingerprint density at radius 2 is 2.19 bits per heavy atom. The highest BCUT2D eigenvalue weighted by molar-refractivity contribution is 9.10. The first-order valence-corrected chi connectivity index (χ1v) is 7.88. The molecule has 2 atom stereocenters. The molecule has 0 aliphatic heterocycles. The summed E-state index contributed by atoms with van der Waals surface area (Å²) in [5, 5.41) is 2.38. The van der Waals surface area contributed by atoms with Crippen molar-refractivity contribution in [1.82, 2.24) is 14.9 Å². The number of hydrogen-bond donors (Lipinski definition) is 1. The molecule has 0 saturated carbocycles. The summed E-state index contributed by atoms with van der Waals surface area (Å²) in [5.41, 5.74) is 1.15. The maximum Gasteiger partial charge on any atom is 0.242 e. The Bertz CT molecular complexity index is 686. The standard InChI is InChI=1S/C14H16BrClFN3O/c1-4-18-14(21)8(3)20-12-5-9(15)10(17)6-11(12)19-13(20)7(2)16/h5-8H,4H2,1-3H3,(H,18,21). The van der Waals surface area contributed by atoms with Crippen LogP contribution in [0.1, 0.15) is 38.0 Å². The van der Waals surface area contributed by atoms with Crippen LogP contribution in [0.4, 0.5) is 4.39 Å². The van der Waals surface area contributed by atoms with E-state index in [4.69, 9.17) is 11.6 Å². The first-order chi connectivity index (χ1) is 9.86. The molecule has 114 valence electrons. The summed E-state index contributed by atoms with van der Waals surface area (Å²) >= 11 is 9.33. The zero-order valence-corrected chi connectivity index (χ0v) is 14.3. The maximum atomic E-state index is 13.7. The molecule has 2 aromatic rings. The molecule has 0 radical (unpaired) electrons. The largest absolute Gasteiger partial charge is 0.355 e. The Morgan fingerprint density at radius 1 is 1.52 bits per heavy atom. The number of nitrogens with one attached hydrogen (secondary N) is 1. The number of benzene rings is 1. The van der Waals surface area contributed by atoms with Gasteiger partial charge in [0, 0.05) is 12.6 Å². The molecule has 0 saturated heterocycles. The molecule has 4 nitrogen and oxygen atoms in total. The lowest BCUT2D eigenvalue weighted by atomic mass is 10.2. The van der Waals surface area contributed by atoms with Crippen molar-refractivity contribution < 1.29 is 9.18 Å². The van der Waals surface area contributed by atoms with Crippen molar-refractivity contribution in [2.45, 2.75) is 32.2 Å². The minimum Gasteiger partial charge on any atom is -0.355 e. The third-order valence-electron chi connectivity index (χ3n) is 3.23.